The molecule has 1 aliphatic heterocycles. The van der Waals surface area contributed by atoms with Gasteiger partial charge < -0.3 is 20.3 Å². The second kappa shape index (κ2) is 5.73. The summed E-state index contributed by atoms with van der Waals surface area (Å²) in [6.45, 7) is 3.46. The van der Waals surface area contributed by atoms with E-state index in [0.29, 0.717) is 11.4 Å². The number of nitrogens with zero attached hydrogens (tertiary/aromatic N) is 2. The highest BCUT2D eigenvalue weighted by Gasteiger charge is 2.19. The van der Waals surface area contributed by atoms with Crippen LogP contribution in [0, 0.1) is 0 Å². The smallest absolute Gasteiger partial charge is 0.260 e. The minimum atomic E-state index is 0.0329. The molecule has 0 bridgehead atoms. The van der Waals surface area contributed by atoms with Crippen molar-refractivity contribution < 1.29 is 9.53 Å². The van der Waals surface area contributed by atoms with E-state index in [2.05, 4.69) is 11.9 Å². The first-order chi connectivity index (χ1) is 8.65. The summed E-state index contributed by atoms with van der Waals surface area (Å²) in [6, 6.07) is 7.12. The molecular formula is C13H19N3O2. The maximum Gasteiger partial charge on any atom is 0.260 e. The SMILES string of the molecule is CN1CCN(C(=O)COc2cccc(N)c2)CC1. The number of carbonyl (C=O) groups is 1. The highest BCUT2D eigenvalue weighted by Crippen LogP contribution is 2.14. The molecule has 1 aromatic carbocycles. The Morgan fingerprint density at radius 3 is 2.72 bits per heavy atom. The molecule has 0 spiro atoms. The van der Waals surface area contributed by atoms with Crippen LogP contribution in [0.4, 0.5) is 5.69 Å². The molecule has 0 unspecified atom stereocenters. The third-order valence-electron chi connectivity index (χ3n) is 3.08. The molecule has 0 aliphatic carbocycles. The van der Waals surface area contributed by atoms with Crippen LogP contribution in [0.1, 0.15) is 0 Å². The molecule has 0 saturated carbocycles. The molecule has 1 heterocycles. The lowest BCUT2D eigenvalue weighted by molar-refractivity contribution is -0.134. The number of rotatable bonds is 3. The van der Waals surface area contributed by atoms with Gasteiger partial charge in [0.15, 0.2) is 6.61 Å². The lowest BCUT2D eigenvalue weighted by Gasteiger charge is -2.32. The van der Waals surface area contributed by atoms with Crippen LogP contribution in [0.25, 0.3) is 0 Å². The van der Waals surface area contributed by atoms with Crippen molar-refractivity contribution in [2.24, 2.45) is 0 Å². The molecule has 98 valence electrons. The Kier molecular flexibility index (Phi) is 4.04. The van der Waals surface area contributed by atoms with Crippen molar-refractivity contribution in [1.29, 1.82) is 0 Å². The first kappa shape index (κ1) is 12.7. The number of hydrogen-bond acceptors (Lipinski definition) is 4. The van der Waals surface area contributed by atoms with Gasteiger partial charge in [-0.3, -0.25) is 4.79 Å². The zero-order valence-corrected chi connectivity index (χ0v) is 10.6. The zero-order valence-electron chi connectivity index (χ0n) is 10.6. The Morgan fingerprint density at radius 2 is 2.06 bits per heavy atom. The number of nitrogens with two attached hydrogens (primary N) is 1. The van der Waals surface area contributed by atoms with Crippen molar-refractivity contribution in [3.8, 4) is 5.75 Å². The van der Waals surface area contributed by atoms with Gasteiger partial charge in [-0.25, -0.2) is 0 Å². The lowest BCUT2D eigenvalue weighted by atomic mass is 10.3. The molecule has 18 heavy (non-hydrogen) atoms. The minimum absolute atomic E-state index is 0.0329. The Bertz CT molecular complexity index is 414. The average molecular weight is 249 g/mol. The molecule has 2 N–H and O–H groups in total. The summed E-state index contributed by atoms with van der Waals surface area (Å²) in [5.74, 6) is 0.669. The van der Waals surface area contributed by atoms with Gasteiger partial charge in [0.1, 0.15) is 5.75 Å². The van der Waals surface area contributed by atoms with Crippen molar-refractivity contribution in [2.75, 3.05) is 45.6 Å². The summed E-state index contributed by atoms with van der Waals surface area (Å²) in [5.41, 5.74) is 6.28. The van der Waals surface area contributed by atoms with E-state index < -0.39 is 0 Å². The van der Waals surface area contributed by atoms with Crippen molar-refractivity contribution in [1.82, 2.24) is 9.80 Å². The third kappa shape index (κ3) is 3.37. The quantitative estimate of drug-likeness (QED) is 0.789. The Hall–Kier alpha value is -1.75. The van der Waals surface area contributed by atoms with Crippen LogP contribution >= 0.6 is 0 Å². The van der Waals surface area contributed by atoms with Gasteiger partial charge in [0.2, 0.25) is 0 Å². The van der Waals surface area contributed by atoms with Crippen LogP contribution in [0.15, 0.2) is 24.3 Å². The molecule has 1 aromatic rings. The van der Waals surface area contributed by atoms with Crippen molar-refractivity contribution >= 4 is 11.6 Å². The maximum absolute atomic E-state index is 11.9. The second-order valence-corrected chi connectivity index (χ2v) is 4.55. The van der Waals surface area contributed by atoms with Gasteiger partial charge >= 0.3 is 0 Å². The third-order valence-corrected chi connectivity index (χ3v) is 3.08. The van der Waals surface area contributed by atoms with Gasteiger partial charge in [-0.15, -0.1) is 0 Å². The predicted octanol–water partition coefficient (Wildman–Crippen LogP) is 0.422. The molecule has 1 aliphatic rings. The van der Waals surface area contributed by atoms with E-state index in [1.807, 2.05) is 11.0 Å². The number of anilines is 1. The van der Waals surface area contributed by atoms with Crippen molar-refractivity contribution in [2.45, 2.75) is 0 Å². The number of ether oxygens (including phenoxy) is 1. The molecule has 1 fully saturated rings. The zero-order chi connectivity index (χ0) is 13.0. The van der Waals surface area contributed by atoms with E-state index in [1.54, 1.807) is 18.2 Å². The number of hydrogen-bond donors (Lipinski definition) is 1. The fraction of sp³-hybridized carbons (Fsp3) is 0.462. The van der Waals surface area contributed by atoms with E-state index in [4.69, 9.17) is 10.5 Å². The molecule has 2 rings (SSSR count). The fourth-order valence-electron chi connectivity index (χ4n) is 1.90. The standard InChI is InChI=1S/C13H19N3O2/c1-15-5-7-16(8-6-15)13(17)10-18-12-4-2-3-11(14)9-12/h2-4,9H,5-8,10,14H2,1H3. The van der Waals surface area contributed by atoms with E-state index in [-0.39, 0.29) is 12.5 Å². The summed E-state index contributed by atoms with van der Waals surface area (Å²) in [4.78, 5) is 16.0. The van der Waals surface area contributed by atoms with Gasteiger partial charge in [-0.1, -0.05) is 6.07 Å². The molecule has 0 radical (unpaired) electrons. The largest absolute Gasteiger partial charge is 0.484 e. The highest BCUT2D eigenvalue weighted by atomic mass is 16.5. The minimum Gasteiger partial charge on any atom is -0.484 e. The van der Waals surface area contributed by atoms with E-state index in [1.165, 1.54) is 0 Å². The summed E-state index contributed by atoms with van der Waals surface area (Å²) in [5, 5.41) is 0. The Balaban J connectivity index is 1.81. The summed E-state index contributed by atoms with van der Waals surface area (Å²) in [6.07, 6.45) is 0. The number of amides is 1. The van der Waals surface area contributed by atoms with Gasteiger partial charge in [0, 0.05) is 37.9 Å². The molecule has 1 amide bonds. The number of benzene rings is 1. The van der Waals surface area contributed by atoms with Gasteiger partial charge in [-0.2, -0.15) is 0 Å². The number of nitrogen functional groups attached to an aromatic ring is 1. The lowest BCUT2D eigenvalue weighted by Crippen LogP contribution is -2.48. The molecular weight excluding hydrogens is 230 g/mol. The van der Waals surface area contributed by atoms with Crippen LogP contribution < -0.4 is 10.5 Å². The van der Waals surface area contributed by atoms with E-state index in [9.17, 15) is 4.79 Å². The number of piperazine rings is 1. The van der Waals surface area contributed by atoms with Gasteiger partial charge in [0.05, 0.1) is 0 Å². The van der Waals surface area contributed by atoms with Crippen LogP contribution in [-0.4, -0.2) is 55.5 Å². The van der Waals surface area contributed by atoms with E-state index >= 15 is 0 Å². The summed E-state index contributed by atoms with van der Waals surface area (Å²) in [7, 11) is 2.06. The number of carbonyl (C=O) groups excluding carboxylic acids is 1. The van der Waals surface area contributed by atoms with Crippen LogP contribution in [-0.2, 0) is 4.79 Å². The Morgan fingerprint density at radius 1 is 1.33 bits per heavy atom. The summed E-state index contributed by atoms with van der Waals surface area (Å²) >= 11 is 0. The molecule has 0 aromatic heterocycles. The van der Waals surface area contributed by atoms with E-state index in [0.717, 1.165) is 26.2 Å². The van der Waals surface area contributed by atoms with Crippen molar-refractivity contribution in [3.63, 3.8) is 0 Å². The van der Waals surface area contributed by atoms with Gasteiger partial charge in [-0.05, 0) is 19.2 Å². The number of likely N-dealkylation sites (N-methyl/N-ethyl adjacent to an activating group) is 1. The Labute approximate surface area is 107 Å². The predicted molar refractivity (Wildman–Crippen MR) is 70.4 cm³/mol. The highest BCUT2D eigenvalue weighted by molar-refractivity contribution is 5.77. The van der Waals surface area contributed by atoms with Crippen molar-refractivity contribution in [3.05, 3.63) is 24.3 Å². The molecule has 5 nitrogen and oxygen atoms in total. The second-order valence-electron chi connectivity index (χ2n) is 4.55. The normalized spacial score (nSPS) is 16.6. The average Bonchev–Trinajstić information content (AvgIpc) is 2.37. The van der Waals surface area contributed by atoms with Crippen LogP contribution in [0.2, 0.25) is 0 Å². The molecule has 5 heteroatoms. The first-order valence-corrected chi connectivity index (χ1v) is 6.10. The van der Waals surface area contributed by atoms with Crippen LogP contribution in [0.3, 0.4) is 0 Å². The molecule has 1 saturated heterocycles. The summed E-state index contributed by atoms with van der Waals surface area (Å²) < 4.78 is 5.44. The topological polar surface area (TPSA) is 58.8 Å². The van der Waals surface area contributed by atoms with Crippen LogP contribution in [0.5, 0.6) is 5.75 Å². The molecule has 0 atom stereocenters. The monoisotopic (exact) mass is 249 g/mol. The first-order valence-electron chi connectivity index (χ1n) is 6.10. The van der Waals surface area contributed by atoms with Gasteiger partial charge in [0.25, 0.3) is 5.91 Å². The maximum atomic E-state index is 11.9. The fourth-order valence-corrected chi connectivity index (χ4v) is 1.90.